The van der Waals surface area contributed by atoms with Crippen LogP contribution in [-0.2, 0) is 6.42 Å². The van der Waals surface area contributed by atoms with E-state index >= 15 is 0 Å². The number of carbonyl (C=O) groups excluding carboxylic acids is 1. The molecule has 0 bridgehead atoms. The number of nitrogens with zero attached hydrogens (tertiary/aromatic N) is 1. The smallest absolute Gasteiger partial charge is 0.194 e. The van der Waals surface area contributed by atoms with Crippen LogP contribution in [0.2, 0.25) is 5.02 Å². The monoisotopic (exact) mass is 307 g/mol. The lowest BCUT2D eigenvalue weighted by atomic mass is 9.94. The fourth-order valence-electron chi connectivity index (χ4n) is 1.88. The van der Waals surface area contributed by atoms with Crippen molar-refractivity contribution in [1.29, 1.82) is 5.26 Å². The van der Waals surface area contributed by atoms with Gasteiger partial charge in [-0.25, -0.2) is 4.39 Å². The van der Waals surface area contributed by atoms with E-state index < -0.39 is 17.5 Å². The van der Waals surface area contributed by atoms with Crippen LogP contribution in [0.25, 0.3) is 0 Å². The van der Waals surface area contributed by atoms with Gasteiger partial charge in [-0.05, 0) is 30.7 Å². The van der Waals surface area contributed by atoms with Crippen LogP contribution in [0.1, 0.15) is 33.0 Å². The van der Waals surface area contributed by atoms with E-state index in [1.165, 1.54) is 29.5 Å². The van der Waals surface area contributed by atoms with Crippen LogP contribution >= 0.6 is 22.9 Å². The maximum absolute atomic E-state index is 13.9. The van der Waals surface area contributed by atoms with Gasteiger partial charge in [-0.1, -0.05) is 24.6 Å². The zero-order chi connectivity index (χ0) is 14.7. The normalized spacial score (nSPS) is 11.9. The van der Waals surface area contributed by atoms with Crippen LogP contribution in [0.4, 0.5) is 4.39 Å². The molecule has 1 aromatic carbocycles. The van der Waals surface area contributed by atoms with Crippen LogP contribution in [0, 0.1) is 17.1 Å². The third-order valence-corrected chi connectivity index (χ3v) is 4.51. The van der Waals surface area contributed by atoms with Gasteiger partial charge in [0.1, 0.15) is 11.7 Å². The molecule has 0 radical (unpaired) electrons. The Bertz CT molecular complexity index is 669. The molecule has 0 aliphatic carbocycles. The average molecular weight is 308 g/mol. The molecule has 102 valence electrons. The van der Waals surface area contributed by atoms with E-state index in [1.54, 1.807) is 6.07 Å². The number of hydrogen-bond acceptors (Lipinski definition) is 3. The van der Waals surface area contributed by atoms with Crippen LogP contribution in [0.3, 0.4) is 0 Å². The van der Waals surface area contributed by atoms with Crippen molar-refractivity contribution in [1.82, 2.24) is 0 Å². The minimum Gasteiger partial charge on any atom is -0.291 e. The van der Waals surface area contributed by atoms with Crippen molar-refractivity contribution in [3.05, 3.63) is 56.5 Å². The highest BCUT2D eigenvalue weighted by Crippen LogP contribution is 2.31. The first-order valence-corrected chi connectivity index (χ1v) is 7.24. The molecule has 1 atom stereocenters. The second-order valence-corrected chi connectivity index (χ2v) is 5.76. The van der Waals surface area contributed by atoms with E-state index in [0.29, 0.717) is 4.88 Å². The fraction of sp³-hybridized carbons (Fsp3) is 0.200. The summed E-state index contributed by atoms with van der Waals surface area (Å²) < 4.78 is 13.9. The predicted octanol–water partition coefficient (Wildman–Crippen LogP) is 4.59. The maximum atomic E-state index is 13.9. The van der Waals surface area contributed by atoms with Gasteiger partial charge in [0.2, 0.25) is 0 Å². The zero-order valence-corrected chi connectivity index (χ0v) is 12.3. The van der Waals surface area contributed by atoms with Gasteiger partial charge in [0.15, 0.2) is 5.78 Å². The standard InChI is InChI=1S/C15H11ClFNOS/c1-2-9-6-7-13(20-9)15(19)10(8-18)14-11(16)4-3-5-12(14)17/h3-7,10H,2H2,1H3. The maximum Gasteiger partial charge on any atom is 0.194 e. The Morgan fingerprint density at radius 1 is 1.45 bits per heavy atom. The minimum atomic E-state index is -1.22. The number of aryl methyl sites for hydroxylation is 1. The number of ketones is 1. The van der Waals surface area contributed by atoms with Crippen molar-refractivity contribution in [2.24, 2.45) is 0 Å². The number of Topliss-reactive ketones (excluding diaryl/α,β-unsaturated/α-hetero) is 1. The molecule has 0 aliphatic heterocycles. The van der Waals surface area contributed by atoms with Crippen LogP contribution < -0.4 is 0 Å². The van der Waals surface area contributed by atoms with Crippen LogP contribution in [-0.4, -0.2) is 5.78 Å². The Morgan fingerprint density at radius 2 is 2.20 bits per heavy atom. The zero-order valence-electron chi connectivity index (χ0n) is 10.7. The molecule has 2 rings (SSSR count). The summed E-state index contributed by atoms with van der Waals surface area (Å²) in [6.07, 6.45) is 0.815. The molecule has 1 heterocycles. The lowest BCUT2D eigenvalue weighted by Gasteiger charge is -2.10. The molecule has 0 fully saturated rings. The molecular weight excluding hydrogens is 297 g/mol. The van der Waals surface area contributed by atoms with Crippen LogP contribution in [0.5, 0.6) is 0 Å². The van der Waals surface area contributed by atoms with E-state index in [2.05, 4.69) is 0 Å². The number of nitriles is 1. The summed E-state index contributed by atoms with van der Waals surface area (Å²) in [5.74, 6) is -2.26. The molecule has 0 amide bonds. The summed E-state index contributed by atoms with van der Waals surface area (Å²) in [4.78, 5) is 13.9. The predicted molar refractivity (Wildman–Crippen MR) is 77.8 cm³/mol. The van der Waals surface area contributed by atoms with E-state index in [4.69, 9.17) is 11.6 Å². The van der Waals surface area contributed by atoms with Crippen molar-refractivity contribution >= 4 is 28.7 Å². The Balaban J connectivity index is 2.43. The number of halogens is 2. The third-order valence-electron chi connectivity index (χ3n) is 2.93. The minimum absolute atomic E-state index is 0.0480. The first-order chi connectivity index (χ1) is 9.58. The highest BCUT2D eigenvalue weighted by Gasteiger charge is 2.27. The first-order valence-electron chi connectivity index (χ1n) is 6.05. The molecule has 0 N–H and O–H groups in total. The number of thiophene rings is 1. The van der Waals surface area contributed by atoms with Gasteiger partial charge in [0.25, 0.3) is 0 Å². The summed E-state index contributed by atoms with van der Waals surface area (Å²) in [6, 6.07) is 9.49. The van der Waals surface area contributed by atoms with Gasteiger partial charge in [-0.3, -0.25) is 4.79 Å². The lowest BCUT2D eigenvalue weighted by molar-refractivity contribution is 0.0981. The summed E-state index contributed by atoms with van der Waals surface area (Å²) in [5, 5.41) is 9.33. The molecule has 5 heteroatoms. The molecule has 0 aliphatic rings. The highest BCUT2D eigenvalue weighted by atomic mass is 35.5. The molecule has 2 aromatic rings. The molecule has 0 saturated carbocycles. The van der Waals surface area contributed by atoms with Crippen molar-refractivity contribution < 1.29 is 9.18 Å². The Morgan fingerprint density at radius 3 is 2.75 bits per heavy atom. The molecule has 20 heavy (non-hydrogen) atoms. The molecule has 0 spiro atoms. The van der Waals surface area contributed by atoms with E-state index in [0.717, 1.165) is 11.3 Å². The molecule has 2 nitrogen and oxygen atoms in total. The number of hydrogen-bond donors (Lipinski definition) is 0. The number of rotatable bonds is 4. The van der Waals surface area contributed by atoms with Gasteiger partial charge in [-0.2, -0.15) is 5.26 Å². The van der Waals surface area contributed by atoms with Crippen molar-refractivity contribution in [3.8, 4) is 6.07 Å². The SMILES string of the molecule is CCc1ccc(C(=O)C(C#N)c2c(F)cccc2Cl)s1. The first kappa shape index (κ1) is 14.7. The largest absolute Gasteiger partial charge is 0.291 e. The second kappa shape index (κ2) is 6.17. The summed E-state index contributed by atoms with van der Waals surface area (Å²) in [7, 11) is 0. The van der Waals surface area contributed by atoms with Crippen LogP contribution in [0.15, 0.2) is 30.3 Å². The fourth-order valence-corrected chi connectivity index (χ4v) is 3.07. The molecular formula is C15H11ClFNOS. The van der Waals surface area contributed by atoms with Crippen molar-refractivity contribution in [3.63, 3.8) is 0 Å². The summed E-state index contributed by atoms with van der Waals surface area (Å²) in [6.45, 7) is 1.98. The van der Waals surface area contributed by atoms with Gasteiger partial charge in [0, 0.05) is 15.5 Å². The topological polar surface area (TPSA) is 40.9 Å². The molecule has 0 saturated heterocycles. The Kier molecular flexibility index (Phi) is 4.53. The number of benzene rings is 1. The third kappa shape index (κ3) is 2.74. The van der Waals surface area contributed by atoms with Gasteiger partial charge in [0.05, 0.1) is 10.9 Å². The van der Waals surface area contributed by atoms with E-state index in [9.17, 15) is 14.4 Å². The lowest BCUT2D eigenvalue weighted by Crippen LogP contribution is -2.12. The quantitative estimate of drug-likeness (QED) is 0.775. The Hall–Kier alpha value is -1.70. The summed E-state index contributed by atoms with van der Waals surface area (Å²) in [5.41, 5.74) is -0.0480. The number of carbonyl (C=O) groups is 1. The van der Waals surface area contributed by atoms with Gasteiger partial charge >= 0.3 is 0 Å². The average Bonchev–Trinajstić information content (AvgIpc) is 2.91. The molecule has 1 aromatic heterocycles. The second-order valence-electron chi connectivity index (χ2n) is 4.18. The highest BCUT2D eigenvalue weighted by molar-refractivity contribution is 7.14. The van der Waals surface area contributed by atoms with E-state index in [-0.39, 0.29) is 10.6 Å². The van der Waals surface area contributed by atoms with Crippen molar-refractivity contribution in [2.45, 2.75) is 19.3 Å². The van der Waals surface area contributed by atoms with Gasteiger partial charge in [-0.15, -0.1) is 11.3 Å². The van der Waals surface area contributed by atoms with Gasteiger partial charge < -0.3 is 0 Å². The Labute approximate surface area is 125 Å². The van der Waals surface area contributed by atoms with E-state index in [1.807, 2.05) is 19.1 Å². The summed E-state index contributed by atoms with van der Waals surface area (Å²) >= 11 is 7.25. The molecule has 1 unspecified atom stereocenters. The van der Waals surface area contributed by atoms with Crippen molar-refractivity contribution in [2.75, 3.05) is 0 Å².